The van der Waals surface area contributed by atoms with Gasteiger partial charge in [0.15, 0.2) is 0 Å². The van der Waals surface area contributed by atoms with E-state index < -0.39 is 0 Å². The van der Waals surface area contributed by atoms with Crippen molar-refractivity contribution >= 4 is 5.91 Å². The SMILES string of the molecule is C/C=C\CN(Cc1ccccc1)C(=O)C#Cc1ccccc1. The van der Waals surface area contributed by atoms with Crippen molar-refractivity contribution in [2.24, 2.45) is 0 Å². The summed E-state index contributed by atoms with van der Waals surface area (Å²) < 4.78 is 0. The quantitative estimate of drug-likeness (QED) is 0.621. The van der Waals surface area contributed by atoms with E-state index in [1.54, 1.807) is 4.90 Å². The van der Waals surface area contributed by atoms with Crippen molar-refractivity contribution in [2.45, 2.75) is 13.5 Å². The number of hydrogen-bond donors (Lipinski definition) is 0. The molecule has 0 aliphatic carbocycles. The number of benzene rings is 2. The standard InChI is InChI=1S/C20H19NO/c1-2-3-16-21(17-19-12-8-5-9-13-19)20(22)15-14-18-10-6-4-7-11-18/h2-13H,16-17H2,1H3/b3-2-. The summed E-state index contributed by atoms with van der Waals surface area (Å²) >= 11 is 0. The molecule has 0 fully saturated rings. The Balaban J connectivity index is 2.11. The Kier molecular flexibility index (Phi) is 6.02. The molecule has 0 bridgehead atoms. The highest BCUT2D eigenvalue weighted by atomic mass is 16.2. The van der Waals surface area contributed by atoms with Crippen molar-refractivity contribution in [3.05, 3.63) is 83.9 Å². The second-order valence-corrected chi connectivity index (χ2v) is 4.86. The molecular weight excluding hydrogens is 270 g/mol. The van der Waals surface area contributed by atoms with Gasteiger partial charge in [0.05, 0.1) is 0 Å². The number of carbonyl (C=O) groups excluding carboxylic acids is 1. The Hall–Kier alpha value is -2.79. The lowest BCUT2D eigenvalue weighted by Crippen LogP contribution is -2.29. The van der Waals surface area contributed by atoms with E-state index >= 15 is 0 Å². The molecule has 0 spiro atoms. The summed E-state index contributed by atoms with van der Waals surface area (Å²) in [5.74, 6) is 5.49. The van der Waals surface area contributed by atoms with E-state index in [4.69, 9.17) is 0 Å². The van der Waals surface area contributed by atoms with E-state index in [1.165, 1.54) is 0 Å². The lowest BCUT2D eigenvalue weighted by molar-refractivity contribution is -0.125. The Bertz CT molecular complexity index is 678. The van der Waals surface area contributed by atoms with Crippen LogP contribution >= 0.6 is 0 Å². The van der Waals surface area contributed by atoms with Crippen molar-refractivity contribution < 1.29 is 4.79 Å². The summed E-state index contributed by atoms with van der Waals surface area (Å²) in [4.78, 5) is 14.1. The molecule has 0 heterocycles. The average molecular weight is 289 g/mol. The van der Waals surface area contributed by atoms with E-state index in [0.717, 1.165) is 11.1 Å². The first-order valence-corrected chi connectivity index (χ1v) is 7.30. The van der Waals surface area contributed by atoms with Gasteiger partial charge in [0.1, 0.15) is 0 Å². The minimum atomic E-state index is -0.161. The van der Waals surface area contributed by atoms with Gasteiger partial charge in [0.25, 0.3) is 5.91 Å². The van der Waals surface area contributed by atoms with Crippen molar-refractivity contribution in [1.82, 2.24) is 4.90 Å². The first-order chi connectivity index (χ1) is 10.8. The zero-order valence-electron chi connectivity index (χ0n) is 12.7. The highest BCUT2D eigenvalue weighted by Crippen LogP contribution is 2.05. The van der Waals surface area contributed by atoms with E-state index in [1.807, 2.05) is 79.7 Å². The lowest BCUT2D eigenvalue weighted by Gasteiger charge is -2.18. The van der Waals surface area contributed by atoms with Crippen LogP contribution in [0.25, 0.3) is 0 Å². The van der Waals surface area contributed by atoms with Crippen LogP contribution in [0.2, 0.25) is 0 Å². The number of hydrogen-bond acceptors (Lipinski definition) is 1. The van der Waals surface area contributed by atoms with E-state index in [2.05, 4.69) is 11.8 Å². The van der Waals surface area contributed by atoms with Gasteiger partial charge in [-0.3, -0.25) is 4.79 Å². The second kappa shape index (κ2) is 8.49. The predicted molar refractivity (Wildman–Crippen MR) is 90.0 cm³/mol. The van der Waals surface area contributed by atoms with Gasteiger partial charge in [-0.15, -0.1) is 0 Å². The highest BCUT2D eigenvalue weighted by Gasteiger charge is 2.09. The van der Waals surface area contributed by atoms with E-state index in [-0.39, 0.29) is 5.91 Å². The Morgan fingerprint density at radius 3 is 2.32 bits per heavy atom. The Labute approximate surface area is 132 Å². The molecule has 0 saturated heterocycles. The summed E-state index contributed by atoms with van der Waals surface area (Å²) in [6, 6.07) is 19.5. The fraction of sp³-hybridized carbons (Fsp3) is 0.150. The maximum atomic E-state index is 12.3. The molecule has 0 aliphatic rings. The molecule has 22 heavy (non-hydrogen) atoms. The van der Waals surface area contributed by atoms with Gasteiger partial charge in [0, 0.05) is 24.6 Å². The molecule has 0 saturated carbocycles. The fourth-order valence-corrected chi connectivity index (χ4v) is 1.98. The van der Waals surface area contributed by atoms with Gasteiger partial charge in [-0.1, -0.05) is 66.6 Å². The number of rotatable bonds is 4. The molecule has 2 rings (SSSR count). The maximum Gasteiger partial charge on any atom is 0.299 e. The largest absolute Gasteiger partial charge is 0.324 e. The number of carbonyl (C=O) groups is 1. The maximum absolute atomic E-state index is 12.3. The minimum absolute atomic E-state index is 0.161. The van der Waals surface area contributed by atoms with Crippen LogP contribution in [0.3, 0.4) is 0 Å². The molecule has 110 valence electrons. The molecule has 2 heteroatoms. The third-order valence-corrected chi connectivity index (χ3v) is 3.15. The molecule has 0 N–H and O–H groups in total. The third-order valence-electron chi connectivity index (χ3n) is 3.15. The van der Waals surface area contributed by atoms with Gasteiger partial charge >= 0.3 is 0 Å². The molecule has 0 aromatic heterocycles. The normalized spacial score (nSPS) is 10.0. The highest BCUT2D eigenvalue weighted by molar-refractivity contribution is 5.94. The van der Waals surface area contributed by atoms with Gasteiger partial charge in [-0.05, 0) is 24.6 Å². The molecule has 0 aliphatic heterocycles. The van der Waals surface area contributed by atoms with Crippen molar-refractivity contribution in [1.29, 1.82) is 0 Å². The van der Waals surface area contributed by atoms with Crippen LogP contribution in [0.5, 0.6) is 0 Å². The lowest BCUT2D eigenvalue weighted by atomic mass is 10.2. The molecule has 0 atom stereocenters. The summed E-state index contributed by atoms with van der Waals surface area (Å²) in [5.41, 5.74) is 1.95. The van der Waals surface area contributed by atoms with Crippen LogP contribution in [-0.2, 0) is 11.3 Å². The molecule has 2 aromatic carbocycles. The van der Waals surface area contributed by atoms with Crippen LogP contribution < -0.4 is 0 Å². The summed E-state index contributed by atoms with van der Waals surface area (Å²) in [7, 11) is 0. The van der Waals surface area contributed by atoms with E-state index in [9.17, 15) is 4.79 Å². The molecule has 1 amide bonds. The average Bonchev–Trinajstić information content (AvgIpc) is 2.58. The van der Waals surface area contributed by atoms with Crippen LogP contribution in [-0.4, -0.2) is 17.4 Å². The monoisotopic (exact) mass is 289 g/mol. The summed E-state index contributed by atoms with van der Waals surface area (Å²) in [5, 5.41) is 0. The minimum Gasteiger partial charge on any atom is -0.324 e. The third kappa shape index (κ3) is 4.96. The zero-order chi connectivity index (χ0) is 15.6. The first kappa shape index (κ1) is 15.6. The molecule has 2 nitrogen and oxygen atoms in total. The van der Waals surface area contributed by atoms with Crippen LogP contribution in [0.15, 0.2) is 72.8 Å². The van der Waals surface area contributed by atoms with Gasteiger partial charge in [0.2, 0.25) is 0 Å². The number of nitrogens with zero attached hydrogens (tertiary/aromatic N) is 1. The molecular formula is C20H19NO. The van der Waals surface area contributed by atoms with Crippen molar-refractivity contribution in [2.75, 3.05) is 6.54 Å². The molecule has 2 aromatic rings. The number of amides is 1. The molecule has 0 radical (unpaired) electrons. The van der Waals surface area contributed by atoms with E-state index in [0.29, 0.717) is 13.1 Å². The predicted octanol–water partition coefficient (Wildman–Crippen LogP) is 3.64. The van der Waals surface area contributed by atoms with Crippen LogP contribution in [0.4, 0.5) is 0 Å². The van der Waals surface area contributed by atoms with Gasteiger partial charge in [-0.25, -0.2) is 0 Å². The Morgan fingerprint density at radius 2 is 1.68 bits per heavy atom. The van der Waals surface area contributed by atoms with Crippen LogP contribution in [0, 0.1) is 11.8 Å². The second-order valence-electron chi connectivity index (χ2n) is 4.86. The van der Waals surface area contributed by atoms with Crippen molar-refractivity contribution in [3.8, 4) is 11.8 Å². The summed E-state index contributed by atoms with van der Waals surface area (Å²) in [6.07, 6.45) is 3.90. The van der Waals surface area contributed by atoms with Gasteiger partial charge in [-0.2, -0.15) is 0 Å². The molecule has 0 unspecified atom stereocenters. The smallest absolute Gasteiger partial charge is 0.299 e. The first-order valence-electron chi connectivity index (χ1n) is 7.30. The zero-order valence-corrected chi connectivity index (χ0v) is 12.7. The topological polar surface area (TPSA) is 20.3 Å². The summed E-state index contributed by atoms with van der Waals surface area (Å²) in [6.45, 7) is 3.07. The fourth-order valence-electron chi connectivity index (χ4n) is 1.98. The van der Waals surface area contributed by atoms with Gasteiger partial charge < -0.3 is 4.90 Å². The van der Waals surface area contributed by atoms with Crippen molar-refractivity contribution in [3.63, 3.8) is 0 Å². The Morgan fingerprint density at radius 1 is 1.05 bits per heavy atom. The number of allylic oxidation sites excluding steroid dienone is 1. The van der Waals surface area contributed by atoms with Crippen LogP contribution in [0.1, 0.15) is 18.1 Å².